The second kappa shape index (κ2) is 6.77. The van der Waals surface area contributed by atoms with Crippen molar-refractivity contribution in [3.05, 3.63) is 28.8 Å². The largest absolute Gasteiger partial charge is 0.507 e. The van der Waals surface area contributed by atoms with Crippen LogP contribution in [0.15, 0.2) is 18.2 Å². The Morgan fingerprint density at radius 2 is 2.29 bits per heavy atom. The van der Waals surface area contributed by atoms with Crippen LogP contribution in [0.1, 0.15) is 23.7 Å². The lowest BCUT2D eigenvalue weighted by Gasteiger charge is -2.10. The molecule has 0 radical (unpaired) electrons. The van der Waals surface area contributed by atoms with Gasteiger partial charge in [0.25, 0.3) is 5.91 Å². The third kappa shape index (κ3) is 4.48. The average Bonchev–Trinajstić information content (AvgIpc) is 2.28. The Labute approximate surface area is 111 Å². The molecule has 1 aromatic carbocycles. The molecule has 0 saturated heterocycles. The Hall–Kier alpha value is -0.870. The first kappa shape index (κ1) is 14.2. The van der Waals surface area contributed by atoms with Crippen LogP contribution in [0.2, 0.25) is 5.02 Å². The molecule has 2 N–H and O–H groups in total. The summed E-state index contributed by atoms with van der Waals surface area (Å²) in [4.78, 5) is 11.7. The third-order valence-corrected chi connectivity index (χ3v) is 3.72. The number of hydrogen-bond donors (Lipinski definition) is 2. The maximum absolute atomic E-state index is 11.7. The summed E-state index contributed by atoms with van der Waals surface area (Å²) in [5.74, 6) is -0.361. The van der Waals surface area contributed by atoms with Crippen LogP contribution >= 0.6 is 23.4 Å². The predicted octanol–water partition coefficient (Wildman–Crippen LogP) is 2.92. The van der Waals surface area contributed by atoms with Gasteiger partial charge >= 0.3 is 0 Å². The summed E-state index contributed by atoms with van der Waals surface area (Å²) in [5, 5.41) is 13.3. The molecule has 0 aromatic heterocycles. The van der Waals surface area contributed by atoms with E-state index in [0.29, 0.717) is 16.8 Å². The van der Waals surface area contributed by atoms with Gasteiger partial charge in [0.1, 0.15) is 5.75 Å². The smallest absolute Gasteiger partial charge is 0.255 e. The Kier molecular flexibility index (Phi) is 5.65. The van der Waals surface area contributed by atoms with Gasteiger partial charge in [-0.15, -0.1) is 0 Å². The highest BCUT2D eigenvalue weighted by atomic mass is 35.5. The van der Waals surface area contributed by atoms with Crippen LogP contribution < -0.4 is 5.32 Å². The number of thioether (sulfide) groups is 1. The van der Waals surface area contributed by atoms with Gasteiger partial charge < -0.3 is 10.4 Å². The lowest BCUT2D eigenvalue weighted by molar-refractivity contribution is 0.0950. The minimum Gasteiger partial charge on any atom is -0.507 e. The van der Waals surface area contributed by atoms with Gasteiger partial charge in [-0.05, 0) is 30.9 Å². The molecular formula is C12H16ClNO2S. The number of benzene rings is 1. The highest BCUT2D eigenvalue weighted by Crippen LogP contribution is 2.21. The fourth-order valence-electron chi connectivity index (χ4n) is 1.30. The maximum Gasteiger partial charge on any atom is 0.255 e. The Bertz CT molecular complexity index is 398. The first-order chi connectivity index (χ1) is 8.04. The van der Waals surface area contributed by atoms with Crippen LogP contribution in [0.25, 0.3) is 0 Å². The molecule has 0 heterocycles. The van der Waals surface area contributed by atoms with Gasteiger partial charge in [0.2, 0.25) is 0 Å². The van der Waals surface area contributed by atoms with E-state index in [-0.39, 0.29) is 17.2 Å². The molecule has 0 aliphatic heterocycles. The minimum absolute atomic E-state index is 0.0899. The summed E-state index contributed by atoms with van der Waals surface area (Å²) in [6.45, 7) is 2.71. The SMILES string of the molecule is CSC(C)CCNC(=O)c1ccc(Cl)cc1O. The molecule has 1 amide bonds. The molecule has 1 rings (SSSR count). The van der Waals surface area contributed by atoms with Crippen molar-refractivity contribution in [1.29, 1.82) is 0 Å². The summed E-state index contributed by atoms with van der Waals surface area (Å²) >= 11 is 7.45. The van der Waals surface area contributed by atoms with Gasteiger partial charge in [-0.25, -0.2) is 0 Å². The number of carbonyl (C=O) groups excluding carboxylic acids is 1. The van der Waals surface area contributed by atoms with Crippen molar-refractivity contribution in [1.82, 2.24) is 5.32 Å². The normalized spacial score (nSPS) is 12.2. The Morgan fingerprint density at radius 3 is 2.88 bits per heavy atom. The summed E-state index contributed by atoms with van der Waals surface area (Å²) in [6.07, 6.45) is 2.94. The molecule has 1 atom stereocenters. The zero-order chi connectivity index (χ0) is 12.8. The van der Waals surface area contributed by atoms with Crippen molar-refractivity contribution in [2.45, 2.75) is 18.6 Å². The van der Waals surface area contributed by atoms with E-state index in [0.717, 1.165) is 6.42 Å². The van der Waals surface area contributed by atoms with Gasteiger partial charge in [-0.1, -0.05) is 18.5 Å². The molecule has 0 spiro atoms. The lowest BCUT2D eigenvalue weighted by Crippen LogP contribution is -2.26. The number of phenolic OH excluding ortho intramolecular Hbond substituents is 1. The summed E-state index contributed by atoms with van der Waals surface area (Å²) in [5.41, 5.74) is 0.256. The third-order valence-electron chi connectivity index (χ3n) is 2.44. The first-order valence-electron chi connectivity index (χ1n) is 5.34. The molecule has 0 saturated carbocycles. The molecule has 0 aliphatic rings. The number of rotatable bonds is 5. The van der Waals surface area contributed by atoms with E-state index in [4.69, 9.17) is 11.6 Å². The monoisotopic (exact) mass is 273 g/mol. The van der Waals surface area contributed by atoms with Crippen molar-refractivity contribution in [3.8, 4) is 5.75 Å². The number of carbonyl (C=O) groups is 1. The zero-order valence-corrected chi connectivity index (χ0v) is 11.4. The van der Waals surface area contributed by atoms with E-state index < -0.39 is 0 Å². The molecule has 0 aliphatic carbocycles. The van der Waals surface area contributed by atoms with E-state index in [1.165, 1.54) is 12.1 Å². The van der Waals surface area contributed by atoms with Gasteiger partial charge in [0.15, 0.2) is 0 Å². The summed E-state index contributed by atoms with van der Waals surface area (Å²) in [7, 11) is 0. The number of halogens is 1. The number of phenols is 1. The predicted molar refractivity (Wildman–Crippen MR) is 73.0 cm³/mol. The van der Waals surface area contributed by atoms with Crippen LogP contribution in [0.5, 0.6) is 5.75 Å². The number of aromatic hydroxyl groups is 1. The van der Waals surface area contributed by atoms with E-state index in [2.05, 4.69) is 12.2 Å². The Morgan fingerprint density at radius 1 is 1.59 bits per heavy atom. The highest BCUT2D eigenvalue weighted by Gasteiger charge is 2.11. The summed E-state index contributed by atoms with van der Waals surface area (Å²) in [6, 6.07) is 4.46. The van der Waals surface area contributed by atoms with Gasteiger partial charge in [-0.2, -0.15) is 11.8 Å². The number of amides is 1. The van der Waals surface area contributed by atoms with E-state index in [1.807, 2.05) is 6.26 Å². The quantitative estimate of drug-likeness (QED) is 0.867. The molecule has 1 unspecified atom stereocenters. The fourth-order valence-corrected chi connectivity index (χ4v) is 1.82. The molecule has 17 heavy (non-hydrogen) atoms. The summed E-state index contributed by atoms with van der Waals surface area (Å²) < 4.78 is 0. The molecule has 3 nitrogen and oxygen atoms in total. The van der Waals surface area contributed by atoms with Crippen molar-refractivity contribution >= 4 is 29.3 Å². The second-order valence-electron chi connectivity index (χ2n) is 3.75. The molecule has 1 aromatic rings. The van der Waals surface area contributed by atoms with Crippen LogP contribution in [-0.4, -0.2) is 29.1 Å². The molecule has 94 valence electrons. The van der Waals surface area contributed by atoms with E-state index >= 15 is 0 Å². The van der Waals surface area contributed by atoms with Crippen LogP contribution in [0.4, 0.5) is 0 Å². The molecule has 0 fully saturated rings. The Balaban J connectivity index is 2.52. The molecular weight excluding hydrogens is 258 g/mol. The topological polar surface area (TPSA) is 49.3 Å². The van der Waals surface area contributed by atoms with Gasteiger partial charge in [-0.3, -0.25) is 4.79 Å². The lowest BCUT2D eigenvalue weighted by atomic mass is 10.2. The van der Waals surface area contributed by atoms with Crippen molar-refractivity contribution in [3.63, 3.8) is 0 Å². The zero-order valence-electron chi connectivity index (χ0n) is 9.87. The standard InChI is InChI=1S/C12H16ClNO2S/c1-8(17-2)5-6-14-12(16)10-4-3-9(13)7-11(10)15/h3-4,7-8,15H,5-6H2,1-2H3,(H,14,16). The van der Waals surface area contributed by atoms with Crippen LogP contribution in [0.3, 0.4) is 0 Å². The molecule has 0 bridgehead atoms. The van der Waals surface area contributed by atoms with Crippen LogP contribution in [0, 0.1) is 0 Å². The second-order valence-corrected chi connectivity index (χ2v) is 5.46. The van der Waals surface area contributed by atoms with E-state index in [1.54, 1.807) is 17.8 Å². The highest BCUT2D eigenvalue weighted by molar-refractivity contribution is 7.99. The van der Waals surface area contributed by atoms with Gasteiger partial charge in [0.05, 0.1) is 5.56 Å². The molecule has 5 heteroatoms. The van der Waals surface area contributed by atoms with Gasteiger partial charge in [0, 0.05) is 16.8 Å². The van der Waals surface area contributed by atoms with E-state index in [9.17, 15) is 9.90 Å². The fraction of sp³-hybridized carbons (Fsp3) is 0.417. The van der Waals surface area contributed by atoms with Crippen molar-refractivity contribution < 1.29 is 9.90 Å². The number of hydrogen-bond acceptors (Lipinski definition) is 3. The van der Waals surface area contributed by atoms with Crippen molar-refractivity contribution in [2.75, 3.05) is 12.8 Å². The number of nitrogens with one attached hydrogen (secondary N) is 1. The van der Waals surface area contributed by atoms with Crippen molar-refractivity contribution in [2.24, 2.45) is 0 Å². The maximum atomic E-state index is 11.7. The first-order valence-corrected chi connectivity index (χ1v) is 7.00. The van der Waals surface area contributed by atoms with Crippen LogP contribution in [-0.2, 0) is 0 Å². The average molecular weight is 274 g/mol. The minimum atomic E-state index is -0.271.